The number of imide groups is 1. The Labute approximate surface area is 191 Å². The molecular weight excluding hydrogens is 423 g/mol. The zero-order chi connectivity index (χ0) is 23.5. The molecule has 0 radical (unpaired) electrons. The number of amides is 2. The van der Waals surface area contributed by atoms with Gasteiger partial charge in [0.25, 0.3) is 11.8 Å². The van der Waals surface area contributed by atoms with Crippen molar-refractivity contribution in [3.8, 4) is 11.5 Å². The summed E-state index contributed by atoms with van der Waals surface area (Å²) < 4.78 is 24.2. The maximum atomic E-state index is 13.6. The predicted octanol–water partition coefficient (Wildman–Crippen LogP) is 4.80. The van der Waals surface area contributed by atoms with Crippen LogP contribution in [0.2, 0.25) is 0 Å². The van der Waals surface area contributed by atoms with E-state index in [1.54, 1.807) is 30.3 Å². The number of nitrogens with one attached hydrogen (secondary N) is 1. The normalized spacial score (nSPS) is 13.5. The van der Waals surface area contributed by atoms with Crippen LogP contribution in [0.15, 0.2) is 72.4 Å². The summed E-state index contributed by atoms with van der Waals surface area (Å²) >= 11 is 0. The quantitative estimate of drug-likeness (QED) is 0.528. The molecule has 7 heteroatoms. The van der Waals surface area contributed by atoms with Crippen molar-refractivity contribution >= 4 is 28.8 Å². The fourth-order valence-electron chi connectivity index (χ4n) is 3.68. The van der Waals surface area contributed by atoms with Gasteiger partial charge in [-0.15, -0.1) is 0 Å². The molecule has 0 spiro atoms. The fraction of sp³-hybridized carbons (Fsp3) is 0.154. The smallest absolute Gasteiger partial charge is 0.282 e. The van der Waals surface area contributed by atoms with Crippen LogP contribution in [0.5, 0.6) is 11.5 Å². The van der Waals surface area contributed by atoms with Gasteiger partial charge in [0.15, 0.2) is 0 Å². The van der Waals surface area contributed by atoms with E-state index in [0.29, 0.717) is 28.4 Å². The fourth-order valence-corrected chi connectivity index (χ4v) is 3.68. The van der Waals surface area contributed by atoms with Gasteiger partial charge >= 0.3 is 0 Å². The minimum Gasteiger partial charge on any atom is -0.497 e. The summed E-state index contributed by atoms with van der Waals surface area (Å²) in [6.45, 7) is 2.03. The largest absolute Gasteiger partial charge is 0.497 e. The molecule has 6 nitrogen and oxygen atoms in total. The summed E-state index contributed by atoms with van der Waals surface area (Å²) in [4.78, 5) is 28.1. The first-order valence-electron chi connectivity index (χ1n) is 10.4. The third kappa shape index (κ3) is 4.17. The number of hydrogen-bond donors (Lipinski definition) is 1. The number of nitrogens with zero attached hydrogens (tertiary/aromatic N) is 1. The van der Waals surface area contributed by atoms with Crippen LogP contribution in [0.3, 0.4) is 0 Å². The second-order valence-corrected chi connectivity index (χ2v) is 7.41. The molecule has 0 bridgehead atoms. The monoisotopic (exact) mass is 446 g/mol. The molecule has 0 fully saturated rings. The van der Waals surface area contributed by atoms with E-state index in [-0.39, 0.29) is 11.3 Å². The Morgan fingerprint density at radius 2 is 1.58 bits per heavy atom. The summed E-state index contributed by atoms with van der Waals surface area (Å²) in [6.07, 6.45) is 0.839. The summed E-state index contributed by atoms with van der Waals surface area (Å²) in [5.41, 5.74) is 2.69. The Bertz CT molecular complexity index is 1230. The Morgan fingerprint density at radius 3 is 2.18 bits per heavy atom. The standard InChI is InChI=1S/C26H23FN2O4/c1-4-16-5-11-19(12-6-16)29-25(30)23(17-7-9-18(27)10-8-17)24(26(29)31)28-21-14-13-20(32-2)15-22(21)33-3/h5-15,28H,4H2,1-3H3. The minimum atomic E-state index is -0.513. The van der Waals surface area contributed by atoms with Gasteiger partial charge in [-0.25, -0.2) is 9.29 Å². The van der Waals surface area contributed by atoms with E-state index >= 15 is 0 Å². The lowest BCUT2D eigenvalue weighted by atomic mass is 10.0. The minimum absolute atomic E-state index is 0.0784. The first kappa shape index (κ1) is 22.1. The second kappa shape index (κ2) is 9.16. The Morgan fingerprint density at radius 1 is 0.879 bits per heavy atom. The average Bonchev–Trinajstić information content (AvgIpc) is 3.09. The summed E-state index contributed by atoms with van der Waals surface area (Å²) in [6, 6.07) is 17.8. The highest BCUT2D eigenvalue weighted by Gasteiger charge is 2.40. The molecular formula is C26H23FN2O4. The SMILES string of the molecule is CCc1ccc(N2C(=O)C(Nc3ccc(OC)cc3OC)=C(c3ccc(F)cc3)C2=O)cc1. The molecule has 33 heavy (non-hydrogen) atoms. The van der Waals surface area contributed by atoms with Crippen LogP contribution < -0.4 is 19.7 Å². The van der Waals surface area contributed by atoms with Crippen molar-refractivity contribution in [2.45, 2.75) is 13.3 Å². The van der Waals surface area contributed by atoms with Crippen LogP contribution in [0.1, 0.15) is 18.1 Å². The molecule has 0 saturated heterocycles. The highest BCUT2D eigenvalue weighted by molar-refractivity contribution is 6.46. The summed E-state index contributed by atoms with van der Waals surface area (Å²) in [5.74, 6) is -0.426. The maximum absolute atomic E-state index is 13.6. The zero-order valence-electron chi connectivity index (χ0n) is 18.5. The molecule has 168 valence electrons. The number of anilines is 2. The highest BCUT2D eigenvalue weighted by atomic mass is 19.1. The number of carbonyl (C=O) groups excluding carboxylic acids is 2. The van der Waals surface area contributed by atoms with E-state index in [0.717, 1.165) is 16.9 Å². The van der Waals surface area contributed by atoms with Crippen LogP contribution in [-0.2, 0) is 16.0 Å². The molecule has 0 saturated carbocycles. The molecule has 0 aromatic heterocycles. The molecule has 1 N–H and O–H groups in total. The zero-order valence-corrected chi connectivity index (χ0v) is 18.5. The Balaban J connectivity index is 1.81. The van der Waals surface area contributed by atoms with E-state index in [4.69, 9.17) is 9.47 Å². The van der Waals surface area contributed by atoms with Crippen molar-refractivity contribution in [3.05, 3.63) is 89.4 Å². The average molecular weight is 446 g/mol. The van der Waals surface area contributed by atoms with Gasteiger partial charge in [0.05, 0.1) is 31.2 Å². The molecule has 2 amide bonds. The summed E-state index contributed by atoms with van der Waals surface area (Å²) in [5, 5.41) is 3.07. The van der Waals surface area contributed by atoms with Gasteiger partial charge in [-0.3, -0.25) is 9.59 Å². The van der Waals surface area contributed by atoms with Gasteiger partial charge in [0, 0.05) is 6.07 Å². The molecule has 0 unspecified atom stereocenters. The molecule has 1 aliphatic rings. The lowest BCUT2D eigenvalue weighted by Gasteiger charge is -2.16. The van der Waals surface area contributed by atoms with Gasteiger partial charge in [-0.05, 0) is 53.9 Å². The van der Waals surface area contributed by atoms with Crippen LogP contribution in [-0.4, -0.2) is 26.0 Å². The number of methoxy groups -OCH3 is 2. The topological polar surface area (TPSA) is 67.9 Å². The molecule has 0 atom stereocenters. The van der Waals surface area contributed by atoms with Gasteiger partial charge in [0.1, 0.15) is 23.0 Å². The van der Waals surface area contributed by atoms with E-state index in [2.05, 4.69) is 5.32 Å². The molecule has 3 aromatic carbocycles. The Kier molecular flexibility index (Phi) is 6.13. The number of rotatable bonds is 7. The lowest BCUT2D eigenvalue weighted by Crippen LogP contribution is -2.32. The lowest BCUT2D eigenvalue weighted by molar-refractivity contribution is -0.120. The van der Waals surface area contributed by atoms with Gasteiger partial charge in [-0.2, -0.15) is 0 Å². The number of halogens is 1. The van der Waals surface area contributed by atoms with E-state index < -0.39 is 17.6 Å². The van der Waals surface area contributed by atoms with Gasteiger partial charge < -0.3 is 14.8 Å². The number of benzene rings is 3. The van der Waals surface area contributed by atoms with Crippen molar-refractivity contribution in [1.29, 1.82) is 0 Å². The molecule has 4 rings (SSSR count). The van der Waals surface area contributed by atoms with Crippen LogP contribution in [0.4, 0.5) is 15.8 Å². The van der Waals surface area contributed by atoms with Crippen molar-refractivity contribution in [1.82, 2.24) is 0 Å². The van der Waals surface area contributed by atoms with Crippen LogP contribution in [0, 0.1) is 5.82 Å². The van der Waals surface area contributed by atoms with Gasteiger partial charge in [0.2, 0.25) is 0 Å². The molecule has 1 heterocycles. The molecule has 0 aliphatic carbocycles. The van der Waals surface area contributed by atoms with Gasteiger partial charge in [-0.1, -0.05) is 31.2 Å². The molecule has 3 aromatic rings. The maximum Gasteiger partial charge on any atom is 0.282 e. The predicted molar refractivity (Wildman–Crippen MR) is 125 cm³/mol. The summed E-state index contributed by atoms with van der Waals surface area (Å²) in [7, 11) is 3.04. The van der Waals surface area contributed by atoms with Crippen molar-refractivity contribution in [3.63, 3.8) is 0 Å². The van der Waals surface area contributed by atoms with E-state index in [9.17, 15) is 14.0 Å². The second-order valence-electron chi connectivity index (χ2n) is 7.41. The first-order chi connectivity index (χ1) is 16.0. The number of aryl methyl sites for hydroxylation is 1. The number of carbonyl (C=O) groups is 2. The van der Waals surface area contributed by atoms with Crippen molar-refractivity contribution < 1.29 is 23.5 Å². The Hall–Kier alpha value is -4.13. The number of hydrogen-bond acceptors (Lipinski definition) is 5. The van der Waals surface area contributed by atoms with E-state index in [1.165, 1.54) is 38.5 Å². The van der Waals surface area contributed by atoms with Crippen molar-refractivity contribution in [2.75, 3.05) is 24.4 Å². The molecule has 1 aliphatic heterocycles. The van der Waals surface area contributed by atoms with Crippen LogP contribution >= 0.6 is 0 Å². The third-order valence-electron chi connectivity index (χ3n) is 5.49. The van der Waals surface area contributed by atoms with Crippen molar-refractivity contribution in [2.24, 2.45) is 0 Å². The first-order valence-corrected chi connectivity index (χ1v) is 10.4. The van der Waals surface area contributed by atoms with E-state index in [1.807, 2.05) is 19.1 Å². The van der Waals surface area contributed by atoms with Crippen LogP contribution in [0.25, 0.3) is 5.57 Å². The highest BCUT2D eigenvalue weighted by Crippen LogP contribution is 2.37. The third-order valence-corrected chi connectivity index (χ3v) is 5.49. The number of ether oxygens (including phenoxy) is 2.